The van der Waals surface area contributed by atoms with Gasteiger partial charge in [-0.25, -0.2) is 0 Å². The van der Waals surface area contributed by atoms with Crippen LogP contribution in [0.1, 0.15) is 28.1 Å². The molecule has 0 aromatic carbocycles. The maximum Gasteiger partial charge on any atom is 0.254 e. The molecule has 0 bridgehead atoms. The normalized spacial score (nSPS) is 16.6. The average Bonchev–Trinajstić information content (AvgIpc) is 2.93. The quantitative estimate of drug-likeness (QED) is 0.834. The molecule has 0 aliphatic carbocycles. The molecule has 2 N–H and O–H groups in total. The van der Waals surface area contributed by atoms with Gasteiger partial charge in [-0.15, -0.1) is 11.3 Å². The van der Waals surface area contributed by atoms with E-state index in [1.807, 2.05) is 23.4 Å². The van der Waals surface area contributed by atoms with Crippen LogP contribution in [-0.4, -0.2) is 55.5 Å². The molecule has 1 aromatic heterocycles. The number of rotatable bonds is 2. The lowest BCUT2D eigenvalue weighted by Crippen LogP contribution is -2.44. The minimum atomic E-state index is 0.0941. The molecule has 4 nitrogen and oxygen atoms in total. The van der Waals surface area contributed by atoms with Crippen LogP contribution in [-0.2, 0) is 0 Å². The van der Waals surface area contributed by atoms with Gasteiger partial charge in [0.2, 0.25) is 0 Å². The van der Waals surface area contributed by atoms with Crippen molar-refractivity contribution in [3.8, 4) is 11.8 Å². The van der Waals surface area contributed by atoms with Crippen molar-refractivity contribution in [3.05, 3.63) is 21.9 Å². The lowest BCUT2D eigenvalue weighted by atomic mass is 10.0. The summed E-state index contributed by atoms with van der Waals surface area (Å²) in [7, 11) is 4.03. The molecule has 1 amide bonds. The molecule has 1 aliphatic heterocycles. The smallest absolute Gasteiger partial charge is 0.254 e. The minimum Gasteiger partial charge on any atom is -0.339 e. The minimum absolute atomic E-state index is 0.0941. The van der Waals surface area contributed by atoms with Crippen molar-refractivity contribution < 1.29 is 4.79 Å². The van der Waals surface area contributed by atoms with E-state index in [0.717, 1.165) is 36.4 Å². The zero-order valence-electron chi connectivity index (χ0n) is 12.1. The number of hydrogen-bond acceptors (Lipinski definition) is 4. The first-order valence-electron chi connectivity index (χ1n) is 6.85. The molecule has 0 unspecified atom stereocenters. The molecule has 1 saturated heterocycles. The van der Waals surface area contributed by atoms with E-state index in [2.05, 4.69) is 23.8 Å². The summed E-state index contributed by atoms with van der Waals surface area (Å²) in [6.07, 6.45) is 2.09. The lowest BCUT2D eigenvalue weighted by Gasteiger charge is -2.35. The number of nitrogens with zero attached hydrogens (tertiary/aromatic N) is 2. The molecule has 2 rings (SSSR count). The fraction of sp³-hybridized carbons (Fsp3) is 0.533. The first kappa shape index (κ1) is 15.0. The van der Waals surface area contributed by atoms with Crippen molar-refractivity contribution in [2.24, 2.45) is 5.73 Å². The standard InChI is InChI=1S/C15H21N3OS/c1-17-8-5-13(6-9-17)18(2)15(19)12-10-14(20-11-12)4-3-7-16/h10-11,13H,5-9,16H2,1-2H3. The second-order valence-corrected chi connectivity index (χ2v) is 6.07. The van der Waals surface area contributed by atoms with Crippen molar-refractivity contribution in [3.63, 3.8) is 0 Å². The molecule has 108 valence electrons. The number of carbonyl (C=O) groups excluding carboxylic acids is 1. The van der Waals surface area contributed by atoms with Gasteiger partial charge in [0.25, 0.3) is 5.91 Å². The van der Waals surface area contributed by atoms with Crippen LogP contribution in [0.3, 0.4) is 0 Å². The fourth-order valence-electron chi connectivity index (χ4n) is 2.40. The second kappa shape index (κ2) is 6.89. The molecule has 0 radical (unpaired) electrons. The van der Waals surface area contributed by atoms with Crippen LogP contribution in [0.4, 0.5) is 0 Å². The van der Waals surface area contributed by atoms with E-state index in [9.17, 15) is 4.79 Å². The Bertz CT molecular complexity index is 521. The van der Waals surface area contributed by atoms with Crippen LogP contribution in [0.5, 0.6) is 0 Å². The largest absolute Gasteiger partial charge is 0.339 e. The molecule has 5 heteroatoms. The summed E-state index contributed by atoms with van der Waals surface area (Å²) in [6, 6.07) is 2.21. The van der Waals surface area contributed by atoms with Gasteiger partial charge in [0.15, 0.2) is 0 Å². The Morgan fingerprint density at radius 3 is 2.90 bits per heavy atom. The summed E-state index contributed by atoms with van der Waals surface area (Å²) < 4.78 is 0. The molecular weight excluding hydrogens is 270 g/mol. The number of thiophene rings is 1. The average molecular weight is 291 g/mol. The van der Waals surface area contributed by atoms with Crippen LogP contribution in [0.15, 0.2) is 11.4 Å². The van der Waals surface area contributed by atoms with Crippen LogP contribution in [0.2, 0.25) is 0 Å². The van der Waals surface area contributed by atoms with E-state index in [-0.39, 0.29) is 5.91 Å². The van der Waals surface area contributed by atoms with E-state index >= 15 is 0 Å². The van der Waals surface area contributed by atoms with Gasteiger partial charge in [0.1, 0.15) is 0 Å². The van der Waals surface area contributed by atoms with Gasteiger partial charge in [-0.1, -0.05) is 11.8 Å². The summed E-state index contributed by atoms with van der Waals surface area (Å²) in [5.41, 5.74) is 6.09. The third-order valence-electron chi connectivity index (χ3n) is 3.72. The molecule has 0 atom stereocenters. The Kier molecular flexibility index (Phi) is 5.18. The molecule has 1 aromatic rings. The number of hydrogen-bond donors (Lipinski definition) is 1. The van der Waals surface area contributed by atoms with E-state index in [1.165, 1.54) is 11.3 Å². The predicted molar refractivity (Wildman–Crippen MR) is 82.9 cm³/mol. The van der Waals surface area contributed by atoms with Gasteiger partial charge >= 0.3 is 0 Å². The Hall–Kier alpha value is -1.35. The maximum atomic E-state index is 12.5. The Balaban J connectivity index is 2.01. The van der Waals surface area contributed by atoms with Crippen LogP contribution in [0, 0.1) is 11.8 Å². The van der Waals surface area contributed by atoms with E-state index < -0.39 is 0 Å². The highest BCUT2D eigenvalue weighted by atomic mass is 32.1. The number of carbonyl (C=O) groups is 1. The highest BCUT2D eigenvalue weighted by molar-refractivity contribution is 7.10. The SMILES string of the molecule is CN1CCC(N(C)C(=O)c2csc(C#CCN)c2)CC1. The highest BCUT2D eigenvalue weighted by Crippen LogP contribution is 2.19. The third kappa shape index (κ3) is 3.60. The zero-order valence-corrected chi connectivity index (χ0v) is 12.9. The molecule has 1 fully saturated rings. The molecule has 20 heavy (non-hydrogen) atoms. The maximum absolute atomic E-state index is 12.5. The summed E-state index contributed by atoms with van der Waals surface area (Å²) in [5, 5.41) is 1.88. The van der Waals surface area contributed by atoms with Crippen molar-refractivity contribution >= 4 is 17.2 Å². The highest BCUT2D eigenvalue weighted by Gasteiger charge is 2.25. The molecule has 2 heterocycles. The van der Waals surface area contributed by atoms with E-state index in [0.29, 0.717) is 12.6 Å². The topological polar surface area (TPSA) is 49.6 Å². The number of amides is 1. The molecule has 0 spiro atoms. The number of nitrogens with two attached hydrogens (primary N) is 1. The van der Waals surface area contributed by atoms with Crippen molar-refractivity contribution in [1.82, 2.24) is 9.80 Å². The third-order valence-corrected chi connectivity index (χ3v) is 4.56. The second-order valence-electron chi connectivity index (χ2n) is 5.16. The van der Waals surface area contributed by atoms with E-state index in [4.69, 9.17) is 5.73 Å². The molecule has 1 aliphatic rings. The Labute approximate surface area is 124 Å². The summed E-state index contributed by atoms with van der Waals surface area (Å²) >= 11 is 1.50. The van der Waals surface area contributed by atoms with Gasteiger partial charge in [-0.05, 0) is 39.0 Å². The molecular formula is C15H21N3OS. The summed E-state index contributed by atoms with van der Waals surface area (Å²) in [6.45, 7) is 2.45. The van der Waals surface area contributed by atoms with Crippen molar-refractivity contribution in [1.29, 1.82) is 0 Å². The van der Waals surface area contributed by atoms with Crippen LogP contribution < -0.4 is 5.73 Å². The van der Waals surface area contributed by atoms with Gasteiger partial charge in [0.05, 0.1) is 17.0 Å². The number of piperidine rings is 1. The van der Waals surface area contributed by atoms with Gasteiger partial charge < -0.3 is 15.5 Å². The zero-order chi connectivity index (χ0) is 14.5. The first-order valence-corrected chi connectivity index (χ1v) is 7.73. The predicted octanol–water partition coefficient (Wildman–Crippen LogP) is 1.22. The summed E-state index contributed by atoms with van der Waals surface area (Å²) in [5.74, 6) is 5.88. The fourth-order valence-corrected chi connectivity index (χ4v) is 3.15. The van der Waals surface area contributed by atoms with Crippen molar-refractivity contribution in [2.75, 3.05) is 33.7 Å². The number of likely N-dealkylation sites (tertiary alicyclic amines) is 1. The van der Waals surface area contributed by atoms with E-state index in [1.54, 1.807) is 0 Å². The summed E-state index contributed by atoms with van der Waals surface area (Å²) in [4.78, 5) is 17.5. The monoisotopic (exact) mass is 291 g/mol. The van der Waals surface area contributed by atoms with Crippen molar-refractivity contribution in [2.45, 2.75) is 18.9 Å². The Morgan fingerprint density at radius 1 is 1.55 bits per heavy atom. The first-order chi connectivity index (χ1) is 9.61. The van der Waals surface area contributed by atoms with Gasteiger partial charge in [-0.2, -0.15) is 0 Å². The Morgan fingerprint density at radius 2 is 2.25 bits per heavy atom. The lowest BCUT2D eigenvalue weighted by molar-refractivity contribution is 0.0660. The molecule has 0 saturated carbocycles. The van der Waals surface area contributed by atoms with Crippen LogP contribution >= 0.6 is 11.3 Å². The van der Waals surface area contributed by atoms with Gasteiger partial charge in [-0.3, -0.25) is 4.79 Å². The van der Waals surface area contributed by atoms with Crippen LogP contribution in [0.25, 0.3) is 0 Å². The van der Waals surface area contributed by atoms with Gasteiger partial charge in [0, 0.05) is 18.5 Å².